The quantitative estimate of drug-likeness (QED) is 0.204. The van der Waals surface area contributed by atoms with Gasteiger partial charge in [0, 0.05) is 12.8 Å². The van der Waals surface area contributed by atoms with E-state index in [4.69, 9.17) is 10.2 Å². The number of unbranched alkanes of at least 4 members (excludes halogenated alkanes) is 10. The zero-order chi connectivity index (χ0) is 16.5. The summed E-state index contributed by atoms with van der Waals surface area (Å²) in [5.74, 6) is -0.369. The van der Waals surface area contributed by atoms with Crippen LogP contribution in [0.2, 0.25) is 0 Å². The van der Waals surface area contributed by atoms with Gasteiger partial charge in [0.05, 0.1) is 5.76 Å². The molecule has 0 heterocycles. The molecule has 0 fully saturated rings. The van der Waals surface area contributed by atoms with E-state index in [2.05, 4.69) is 18.7 Å². The molecule has 0 bridgehead atoms. The highest BCUT2D eigenvalue weighted by atomic mass is 16.4. The SMILES string of the molecule is C=C(O)CCCCCCC/C=C/CCCCCCCC(=O)O. The molecule has 0 aromatic heterocycles. The second kappa shape index (κ2) is 16.1. The first kappa shape index (κ1) is 20.8. The Morgan fingerprint density at radius 2 is 1.09 bits per heavy atom. The summed E-state index contributed by atoms with van der Waals surface area (Å²) in [5.41, 5.74) is 0. The van der Waals surface area contributed by atoms with Gasteiger partial charge in [-0.05, 0) is 38.5 Å². The molecule has 0 saturated heterocycles. The van der Waals surface area contributed by atoms with Crippen LogP contribution < -0.4 is 0 Å². The average molecular weight is 310 g/mol. The van der Waals surface area contributed by atoms with E-state index in [9.17, 15) is 4.79 Å². The number of hydrogen-bond acceptors (Lipinski definition) is 2. The Hall–Kier alpha value is -1.25. The van der Waals surface area contributed by atoms with E-state index < -0.39 is 5.97 Å². The minimum Gasteiger partial charge on any atom is -0.513 e. The van der Waals surface area contributed by atoms with E-state index in [0.717, 1.165) is 38.5 Å². The number of rotatable bonds is 16. The van der Waals surface area contributed by atoms with Gasteiger partial charge in [0.1, 0.15) is 0 Å². The fourth-order valence-corrected chi connectivity index (χ4v) is 2.43. The van der Waals surface area contributed by atoms with Crippen molar-refractivity contribution in [1.82, 2.24) is 0 Å². The standard InChI is InChI=1S/C19H34O3/c1-18(20)16-14-12-10-8-6-4-2-3-5-7-9-11-13-15-17-19(21)22/h2-3,20H,1,4-17H2,(H,21,22)/b3-2+. The van der Waals surface area contributed by atoms with Crippen LogP contribution in [0.4, 0.5) is 0 Å². The Kier molecular flexibility index (Phi) is 15.2. The van der Waals surface area contributed by atoms with Crippen LogP contribution in [0.3, 0.4) is 0 Å². The minimum absolute atomic E-state index is 0.310. The van der Waals surface area contributed by atoms with E-state index >= 15 is 0 Å². The molecule has 2 N–H and O–H groups in total. The number of carboxylic acids is 1. The van der Waals surface area contributed by atoms with Crippen LogP contribution in [-0.2, 0) is 4.79 Å². The molecular weight excluding hydrogens is 276 g/mol. The number of aliphatic hydroxyl groups excluding tert-OH is 1. The van der Waals surface area contributed by atoms with Crippen molar-refractivity contribution in [3.05, 3.63) is 24.5 Å². The lowest BCUT2D eigenvalue weighted by Crippen LogP contribution is -1.93. The Bertz CT molecular complexity index is 278. The summed E-state index contributed by atoms with van der Waals surface area (Å²) in [7, 11) is 0. The number of allylic oxidation sites excluding steroid dienone is 3. The van der Waals surface area contributed by atoms with Gasteiger partial charge < -0.3 is 10.2 Å². The zero-order valence-electron chi connectivity index (χ0n) is 14.1. The zero-order valence-corrected chi connectivity index (χ0v) is 14.1. The van der Waals surface area contributed by atoms with Gasteiger partial charge in [-0.15, -0.1) is 0 Å². The number of hydrogen-bond donors (Lipinski definition) is 2. The van der Waals surface area contributed by atoms with E-state index in [1.807, 2.05) is 0 Å². The highest BCUT2D eigenvalue weighted by molar-refractivity contribution is 5.66. The lowest BCUT2D eigenvalue weighted by Gasteiger charge is -2.00. The molecule has 0 spiro atoms. The number of carboxylic acid groups (broad SMARTS) is 1. The molecule has 22 heavy (non-hydrogen) atoms. The molecular formula is C19H34O3. The first-order valence-electron chi connectivity index (χ1n) is 8.86. The maximum Gasteiger partial charge on any atom is 0.303 e. The predicted molar refractivity (Wildman–Crippen MR) is 93.2 cm³/mol. The van der Waals surface area contributed by atoms with Crippen LogP contribution in [0.15, 0.2) is 24.5 Å². The van der Waals surface area contributed by atoms with E-state index in [1.54, 1.807) is 0 Å². The van der Waals surface area contributed by atoms with Gasteiger partial charge in [-0.25, -0.2) is 0 Å². The Morgan fingerprint density at radius 1 is 0.682 bits per heavy atom. The van der Waals surface area contributed by atoms with Crippen molar-refractivity contribution < 1.29 is 15.0 Å². The first-order chi connectivity index (χ1) is 10.6. The molecule has 0 radical (unpaired) electrons. The Balaban J connectivity index is 3.12. The van der Waals surface area contributed by atoms with Gasteiger partial charge in [-0.1, -0.05) is 57.3 Å². The molecule has 0 aliphatic rings. The van der Waals surface area contributed by atoms with Crippen molar-refractivity contribution in [2.24, 2.45) is 0 Å². The molecule has 3 heteroatoms. The van der Waals surface area contributed by atoms with Gasteiger partial charge in [0.25, 0.3) is 0 Å². The fourth-order valence-electron chi connectivity index (χ4n) is 2.43. The second-order valence-electron chi connectivity index (χ2n) is 6.04. The molecule has 128 valence electrons. The Morgan fingerprint density at radius 3 is 1.55 bits per heavy atom. The lowest BCUT2D eigenvalue weighted by atomic mass is 10.1. The summed E-state index contributed by atoms with van der Waals surface area (Å²) < 4.78 is 0. The van der Waals surface area contributed by atoms with Gasteiger partial charge in [-0.2, -0.15) is 0 Å². The molecule has 0 aromatic rings. The summed E-state index contributed by atoms with van der Waals surface area (Å²) >= 11 is 0. The summed E-state index contributed by atoms with van der Waals surface area (Å²) in [6, 6.07) is 0. The third-order valence-electron chi connectivity index (χ3n) is 3.76. The molecule has 0 aliphatic heterocycles. The minimum atomic E-state index is -0.679. The monoisotopic (exact) mass is 310 g/mol. The summed E-state index contributed by atoms with van der Waals surface area (Å²) in [6.45, 7) is 3.49. The van der Waals surface area contributed by atoms with Crippen LogP contribution in [0.25, 0.3) is 0 Å². The van der Waals surface area contributed by atoms with Gasteiger partial charge in [-0.3, -0.25) is 4.79 Å². The van der Waals surface area contributed by atoms with Crippen LogP contribution in [0.1, 0.15) is 89.9 Å². The van der Waals surface area contributed by atoms with Crippen molar-refractivity contribution >= 4 is 5.97 Å². The molecule has 0 rings (SSSR count). The maximum absolute atomic E-state index is 10.3. The smallest absolute Gasteiger partial charge is 0.303 e. The van der Waals surface area contributed by atoms with Crippen molar-refractivity contribution in [3.63, 3.8) is 0 Å². The number of aliphatic carboxylic acids is 1. The molecule has 0 amide bonds. The van der Waals surface area contributed by atoms with Crippen LogP contribution >= 0.6 is 0 Å². The molecule has 0 saturated carbocycles. The first-order valence-corrected chi connectivity index (χ1v) is 8.86. The topological polar surface area (TPSA) is 57.5 Å². The predicted octanol–water partition coefficient (Wildman–Crippen LogP) is 6.16. The molecule has 0 aromatic carbocycles. The third-order valence-corrected chi connectivity index (χ3v) is 3.76. The molecule has 0 unspecified atom stereocenters. The molecule has 3 nitrogen and oxygen atoms in total. The van der Waals surface area contributed by atoms with Crippen LogP contribution in [0, 0.1) is 0 Å². The summed E-state index contributed by atoms with van der Waals surface area (Å²) in [4.78, 5) is 10.3. The fraction of sp³-hybridized carbons (Fsp3) is 0.737. The van der Waals surface area contributed by atoms with Crippen molar-refractivity contribution in [3.8, 4) is 0 Å². The van der Waals surface area contributed by atoms with Crippen molar-refractivity contribution in [2.75, 3.05) is 0 Å². The normalized spacial score (nSPS) is 11.1. The van der Waals surface area contributed by atoms with Gasteiger partial charge in [0.2, 0.25) is 0 Å². The van der Waals surface area contributed by atoms with Gasteiger partial charge in [0.15, 0.2) is 0 Å². The third kappa shape index (κ3) is 18.8. The van der Waals surface area contributed by atoms with Crippen molar-refractivity contribution in [2.45, 2.75) is 89.9 Å². The van der Waals surface area contributed by atoms with E-state index in [1.165, 1.54) is 44.9 Å². The Labute approximate surface area is 136 Å². The van der Waals surface area contributed by atoms with Crippen LogP contribution in [0.5, 0.6) is 0 Å². The number of aliphatic hydroxyl groups is 1. The summed E-state index contributed by atoms with van der Waals surface area (Å²) in [6.07, 6.45) is 19.4. The molecule has 0 atom stereocenters. The second-order valence-corrected chi connectivity index (χ2v) is 6.04. The lowest BCUT2D eigenvalue weighted by molar-refractivity contribution is -0.137. The largest absolute Gasteiger partial charge is 0.513 e. The average Bonchev–Trinajstić information content (AvgIpc) is 2.46. The van der Waals surface area contributed by atoms with Crippen LogP contribution in [-0.4, -0.2) is 16.2 Å². The highest BCUT2D eigenvalue weighted by Gasteiger charge is 1.96. The molecule has 0 aliphatic carbocycles. The number of carbonyl (C=O) groups is 1. The highest BCUT2D eigenvalue weighted by Crippen LogP contribution is 2.10. The summed E-state index contributed by atoms with van der Waals surface area (Å²) in [5, 5.41) is 17.5. The van der Waals surface area contributed by atoms with Crippen molar-refractivity contribution in [1.29, 1.82) is 0 Å². The van der Waals surface area contributed by atoms with Gasteiger partial charge >= 0.3 is 5.97 Å². The van der Waals surface area contributed by atoms with E-state index in [0.29, 0.717) is 12.2 Å². The van der Waals surface area contributed by atoms with E-state index in [-0.39, 0.29) is 0 Å². The maximum atomic E-state index is 10.3.